The molecule has 5 heteroatoms. The van der Waals surface area contributed by atoms with Gasteiger partial charge in [-0.15, -0.1) is 0 Å². The highest BCUT2D eigenvalue weighted by Gasteiger charge is 2.08. The van der Waals surface area contributed by atoms with E-state index in [1.165, 1.54) is 0 Å². The standard InChI is InChI=1S/C12H10ClN3O/c1-8-5-6-14-11(7-8)16-12(17)9-3-2-4-10(13)15-9/h2-7H,1H3,(H,14,16,17). The predicted molar refractivity (Wildman–Crippen MR) is 66.2 cm³/mol. The molecule has 17 heavy (non-hydrogen) atoms. The van der Waals surface area contributed by atoms with Crippen LogP contribution in [0.15, 0.2) is 36.5 Å². The molecule has 0 radical (unpaired) electrons. The van der Waals surface area contributed by atoms with Crippen molar-refractivity contribution in [1.82, 2.24) is 9.97 Å². The molecule has 0 bridgehead atoms. The van der Waals surface area contributed by atoms with Gasteiger partial charge in [0.2, 0.25) is 0 Å². The van der Waals surface area contributed by atoms with Crippen LogP contribution in [0.1, 0.15) is 16.1 Å². The quantitative estimate of drug-likeness (QED) is 0.830. The van der Waals surface area contributed by atoms with Crippen LogP contribution in [-0.2, 0) is 0 Å². The molecule has 4 nitrogen and oxygen atoms in total. The molecule has 86 valence electrons. The summed E-state index contributed by atoms with van der Waals surface area (Å²) in [5, 5.41) is 2.94. The Morgan fingerprint density at radius 2 is 2.18 bits per heavy atom. The van der Waals surface area contributed by atoms with Crippen LogP contribution < -0.4 is 5.32 Å². The molecule has 1 amide bonds. The summed E-state index contributed by atoms with van der Waals surface area (Å²) in [6.45, 7) is 1.93. The van der Waals surface area contributed by atoms with Crippen LogP contribution in [-0.4, -0.2) is 15.9 Å². The summed E-state index contributed by atoms with van der Waals surface area (Å²) in [5.41, 5.74) is 1.29. The van der Waals surface area contributed by atoms with Gasteiger partial charge >= 0.3 is 0 Å². The third kappa shape index (κ3) is 3.01. The van der Waals surface area contributed by atoms with Crippen molar-refractivity contribution >= 4 is 23.3 Å². The van der Waals surface area contributed by atoms with Crippen molar-refractivity contribution in [1.29, 1.82) is 0 Å². The average Bonchev–Trinajstić information content (AvgIpc) is 2.29. The maximum atomic E-state index is 11.8. The Balaban J connectivity index is 2.17. The zero-order valence-electron chi connectivity index (χ0n) is 9.14. The molecule has 0 unspecified atom stereocenters. The van der Waals surface area contributed by atoms with E-state index in [0.717, 1.165) is 5.56 Å². The first-order valence-electron chi connectivity index (χ1n) is 5.02. The number of anilines is 1. The van der Waals surface area contributed by atoms with Crippen LogP contribution in [0.3, 0.4) is 0 Å². The van der Waals surface area contributed by atoms with E-state index in [-0.39, 0.29) is 16.8 Å². The number of carbonyl (C=O) groups excluding carboxylic acids is 1. The fourth-order valence-corrected chi connectivity index (χ4v) is 1.48. The van der Waals surface area contributed by atoms with E-state index in [9.17, 15) is 4.79 Å². The van der Waals surface area contributed by atoms with Crippen molar-refractivity contribution in [2.75, 3.05) is 5.32 Å². The van der Waals surface area contributed by atoms with Crippen LogP contribution in [0.4, 0.5) is 5.82 Å². The molecule has 2 heterocycles. The Kier molecular flexibility index (Phi) is 3.35. The first kappa shape index (κ1) is 11.5. The van der Waals surface area contributed by atoms with Crippen molar-refractivity contribution in [3.63, 3.8) is 0 Å². The monoisotopic (exact) mass is 247 g/mol. The second-order valence-electron chi connectivity index (χ2n) is 3.52. The molecule has 2 aromatic heterocycles. The van der Waals surface area contributed by atoms with E-state index in [4.69, 9.17) is 11.6 Å². The third-order valence-corrected chi connectivity index (χ3v) is 2.32. The molecule has 0 atom stereocenters. The lowest BCUT2D eigenvalue weighted by molar-refractivity contribution is 0.102. The highest BCUT2D eigenvalue weighted by atomic mass is 35.5. The topological polar surface area (TPSA) is 54.9 Å². The van der Waals surface area contributed by atoms with Crippen molar-refractivity contribution in [3.8, 4) is 0 Å². The van der Waals surface area contributed by atoms with Gasteiger partial charge in [-0.05, 0) is 36.8 Å². The first-order valence-corrected chi connectivity index (χ1v) is 5.39. The molecule has 0 aromatic carbocycles. The number of amides is 1. The van der Waals surface area contributed by atoms with E-state index in [1.54, 1.807) is 30.5 Å². The molecule has 0 aliphatic heterocycles. The number of hydrogen-bond acceptors (Lipinski definition) is 3. The summed E-state index contributed by atoms with van der Waals surface area (Å²) >= 11 is 5.71. The smallest absolute Gasteiger partial charge is 0.275 e. The zero-order chi connectivity index (χ0) is 12.3. The maximum absolute atomic E-state index is 11.8. The Morgan fingerprint density at radius 3 is 2.88 bits per heavy atom. The van der Waals surface area contributed by atoms with E-state index < -0.39 is 0 Å². The van der Waals surface area contributed by atoms with Gasteiger partial charge in [0.25, 0.3) is 5.91 Å². The summed E-state index contributed by atoms with van der Waals surface area (Å²) < 4.78 is 0. The number of hydrogen-bond donors (Lipinski definition) is 1. The van der Waals surface area contributed by atoms with Gasteiger partial charge in [-0.3, -0.25) is 4.79 Å². The minimum Gasteiger partial charge on any atom is -0.305 e. The van der Waals surface area contributed by atoms with Gasteiger partial charge in [0, 0.05) is 6.20 Å². The lowest BCUT2D eigenvalue weighted by atomic mass is 10.3. The van der Waals surface area contributed by atoms with E-state index >= 15 is 0 Å². The fraction of sp³-hybridized carbons (Fsp3) is 0.0833. The Bertz CT molecular complexity index is 557. The molecule has 0 fully saturated rings. The largest absolute Gasteiger partial charge is 0.305 e. The summed E-state index contributed by atoms with van der Waals surface area (Å²) in [7, 11) is 0. The summed E-state index contributed by atoms with van der Waals surface area (Å²) in [6.07, 6.45) is 1.64. The average molecular weight is 248 g/mol. The van der Waals surface area contributed by atoms with Gasteiger partial charge in [-0.25, -0.2) is 9.97 Å². The zero-order valence-corrected chi connectivity index (χ0v) is 9.90. The van der Waals surface area contributed by atoms with Crippen molar-refractivity contribution in [3.05, 3.63) is 52.9 Å². The Hall–Kier alpha value is -1.94. The van der Waals surface area contributed by atoms with Crippen molar-refractivity contribution in [2.45, 2.75) is 6.92 Å². The van der Waals surface area contributed by atoms with Crippen molar-refractivity contribution in [2.24, 2.45) is 0 Å². The minimum absolute atomic E-state index is 0.265. The highest BCUT2D eigenvalue weighted by Crippen LogP contribution is 2.09. The fourth-order valence-electron chi connectivity index (χ4n) is 1.32. The van der Waals surface area contributed by atoms with Gasteiger partial charge in [0.05, 0.1) is 0 Å². The maximum Gasteiger partial charge on any atom is 0.275 e. The van der Waals surface area contributed by atoms with Crippen LogP contribution in [0, 0.1) is 6.92 Å². The number of carbonyl (C=O) groups is 1. The van der Waals surface area contributed by atoms with E-state index in [1.807, 2.05) is 13.0 Å². The summed E-state index contributed by atoms with van der Waals surface area (Å²) in [6, 6.07) is 8.52. The number of halogens is 1. The molecule has 1 N–H and O–H groups in total. The molecule has 2 rings (SSSR count). The highest BCUT2D eigenvalue weighted by molar-refractivity contribution is 6.29. The van der Waals surface area contributed by atoms with Gasteiger partial charge in [0.15, 0.2) is 0 Å². The number of aromatic nitrogens is 2. The summed E-state index contributed by atoms with van der Waals surface area (Å²) in [5.74, 6) is 0.169. The SMILES string of the molecule is Cc1ccnc(NC(=O)c2cccc(Cl)n2)c1. The molecular weight excluding hydrogens is 238 g/mol. The number of nitrogens with zero attached hydrogens (tertiary/aromatic N) is 2. The van der Waals surface area contributed by atoms with Crippen LogP contribution >= 0.6 is 11.6 Å². The second kappa shape index (κ2) is 4.93. The van der Waals surface area contributed by atoms with E-state index in [2.05, 4.69) is 15.3 Å². The number of rotatable bonds is 2. The first-order chi connectivity index (χ1) is 8.15. The van der Waals surface area contributed by atoms with Gasteiger partial charge < -0.3 is 5.32 Å². The number of aryl methyl sites for hydroxylation is 1. The van der Waals surface area contributed by atoms with Gasteiger partial charge in [-0.1, -0.05) is 17.7 Å². The molecule has 0 spiro atoms. The van der Waals surface area contributed by atoms with Gasteiger partial charge in [-0.2, -0.15) is 0 Å². The van der Waals surface area contributed by atoms with E-state index in [0.29, 0.717) is 5.82 Å². The van der Waals surface area contributed by atoms with Crippen molar-refractivity contribution < 1.29 is 4.79 Å². The van der Waals surface area contributed by atoms with Crippen LogP contribution in [0.5, 0.6) is 0 Å². The predicted octanol–water partition coefficient (Wildman–Crippen LogP) is 2.69. The molecule has 2 aromatic rings. The lowest BCUT2D eigenvalue weighted by Gasteiger charge is -2.04. The molecule has 0 saturated carbocycles. The van der Waals surface area contributed by atoms with Crippen LogP contribution in [0.25, 0.3) is 0 Å². The minimum atomic E-state index is -0.328. The number of nitrogens with one attached hydrogen (secondary N) is 1. The van der Waals surface area contributed by atoms with Gasteiger partial charge in [0.1, 0.15) is 16.7 Å². The Morgan fingerprint density at radius 1 is 1.35 bits per heavy atom. The molecular formula is C12H10ClN3O. The Labute approximate surface area is 104 Å². The molecule has 0 saturated heterocycles. The summed E-state index contributed by atoms with van der Waals surface area (Å²) in [4.78, 5) is 19.8. The third-order valence-electron chi connectivity index (χ3n) is 2.10. The van der Waals surface area contributed by atoms with Crippen LogP contribution in [0.2, 0.25) is 5.15 Å². The molecule has 0 aliphatic rings. The number of pyridine rings is 2. The normalized spacial score (nSPS) is 10.0. The second-order valence-corrected chi connectivity index (χ2v) is 3.91. The molecule has 0 aliphatic carbocycles. The lowest BCUT2D eigenvalue weighted by Crippen LogP contribution is -2.14.